The summed E-state index contributed by atoms with van der Waals surface area (Å²) in [6.45, 7) is 0.637. The molecule has 1 heterocycles. The van der Waals surface area contributed by atoms with Crippen LogP contribution in [0.15, 0.2) is 64.0 Å². The molecule has 3 aromatic rings. The lowest BCUT2D eigenvalue weighted by atomic mass is 10.2. The Morgan fingerprint density at radius 1 is 1.12 bits per heavy atom. The Balaban J connectivity index is 1.46. The van der Waals surface area contributed by atoms with Crippen LogP contribution in [0.4, 0.5) is 0 Å². The summed E-state index contributed by atoms with van der Waals surface area (Å²) < 4.78 is 0.886. The van der Waals surface area contributed by atoms with Crippen LogP contribution in [0.1, 0.15) is 0 Å². The second kappa shape index (κ2) is 8.77. The van der Waals surface area contributed by atoms with Crippen molar-refractivity contribution in [3.8, 4) is 11.4 Å². The number of hydrogen-bond donors (Lipinski definition) is 1. The Bertz CT molecular complexity index is 840. The normalized spacial score (nSPS) is 10.6. The molecular weight excluding hydrogens is 402 g/mol. The van der Waals surface area contributed by atoms with Gasteiger partial charge in [-0.2, -0.15) is 4.80 Å². The van der Waals surface area contributed by atoms with Crippen molar-refractivity contribution in [3.63, 3.8) is 0 Å². The number of rotatable bonds is 7. The number of nitrogens with zero attached hydrogens (tertiary/aromatic N) is 4. The fourth-order valence-electron chi connectivity index (χ4n) is 2.12. The fraction of sp³-hybridized carbons (Fsp3) is 0.176. The molecule has 0 aliphatic rings. The van der Waals surface area contributed by atoms with Gasteiger partial charge in [0.25, 0.3) is 0 Å². The maximum absolute atomic E-state index is 12.0. The van der Waals surface area contributed by atoms with Crippen LogP contribution in [0.5, 0.6) is 0 Å². The van der Waals surface area contributed by atoms with E-state index in [1.54, 1.807) is 11.8 Å². The van der Waals surface area contributed by atoms with Gasteiger partial charge in [-0.3, -0.25) is 4.79 Å². The fourth-order valence-corrected chi connectivity index (χ4v) is 3.37. The van der Waals surface area contributed by atoms with Crippen molar-refractivity contribution < 1.29 is 4.79 Å². The average Bonchev–Trinajstić information content (AvgIpc) is 3.08. The third kappa shape index (κ3) is 5.14. The summed E-state index contributed by atoms with van der Waals surface area (Å²) in [4.78, 5) is 14.5. The zero-order chi connectivity index (χ0) is 17.5. The quantitative estimate of drug-likeness (QED) is 0.472. The van der Waals surface area contributed by atoms with E-state index >= 15 is 0 Å². The number of amides is 1. The van der Waals surface area contributed by atoms with Crippen molar-refractivity contribution in [1.82, 2.24) is 25.5 Å². The highest BCUT2D eigenvalue weighted by molar-refractivity contribution is 9.10. The van der Waals surface area contributed by atoms with Crippen molar-refractivity contribution >= 4 is 33.6 Å². The van der Waals surface area contributed by atoms with Crippen molar-refractivity contribution in [2.75, 3.05) is 12.3 Å². The Morgan fingerprint density at radius 2 is 1.88 bits per heavy atom. The molecule has 0 aliphatic carbocycles. The molecule has 8 heteroatoms. The highest BCUT2D eigenvalue weighted by Gasteiger charge is 2.11. The van der Waals surface area contributed by atoms with Gasteiger partial charge in [0.15, 0.2) is 0 Å². The van der Waals surface area contributed by atoms with Gasteiger partial charge in [0.1, 0.15) is 6.54 Å². The Hall–Kier alpha value is -2.19. The van der Waals surface area contributed by atoms with E-state index in [-0.39, 0.29) is 12.5 Å². The molecular formula is C17H16BrN5OS. The number of tetrazole rings is 1. The summed E-state index contributed by atoms with van der Waals surface area (Å²) in [7, 11) is 0. The third-order valence-electron chi connectivity index (χ3n) is 3.29. The SMILES string of the molecule is O=C(Cn1nnc(-c2ccccc2Br)n1)NCCSc1ccccc1. The van der Waals surface area contributed by atoms with Crippen molar-refractivity contribution in [3.05, 3.63) is 59.1 Å². The summed E-state index contributed by atoms with van der Waals surface area (Å²) in [6, 6.07) is 17.7. The summed E-state index contributed by atoms with van der Waals surface area (Å²) in [5.74, 6) is 1.16. The van der Waals surface area contributed by atoms with Gasteiger partial charge in [0.2, 0.25) is 11.7 Å². The first-order valence-electron chi connectivity index (χ1n) is 7.69. The zero-order valence-electron chi connectivity index (χ0n) is 13.3. The number of halogens is 1. The van der Waals surface area contributed by atoms with Gasteiger partial charge >= 0.3 is 0 Å². The lowest BCUT2D eigenvalue weighted by Gasteiger charge is -2.04. The van der Waals surface area contributed by atoms with Crippen LogP contribution in [-0.2, 0) is 11.3 Å². The zero-order valence-corrected chi connectivity index (χ0v) is 15.7. The second-order valence-electron chi connectivity index (χ2n) is 5.13. The summed E-state index contributed by atoms with van der Waals surface area (Å²) in [5.41, 5.74) is 0.841. The molecule has 6 nitrogen and oxygen atoms in total. The van der Waals surface area contributed by atoms with E-state index in [1.165, 1.54) is 9.69 Å². The molecule has 1 aromatic heterocycles. The monoisotopic (exact) mass is 417 g/mol. The van der Waals surface area contributed by atoms with Crippen LogP contribution < -0.4 is 5.32 Å². The van der Waals surface area contributed by atoms with E-state index in [2.05, 4.69) is 48.8 Å². The first-order chi connectivity index (χ1) is 12.2. The molecule has 128 valence electrons. The minimum atomic E-state index is -0.135. The van der Waals surface area contributed by atoms with Gasteiger partial charge in [-0.05, 0) is 29.5 Å². The second-order valence-corrected chi connectivity index (χ2v) is 7.16. The van der Waals surface area contributed by atoms with Gasteiger partial charge in [0.05, 0.1) is 0 Å². The highest BCUT2D eigenvalue weighted by atomic mass is 79.9. The third-order valence-corrected chi connectivity index (χ3v) is 4.99. The van der Waals surface area contributed by atoms with Crippen LogP contribution in [0.25, 0.3) is 11.4 Å². The molecule has 0 bridgehead atoms. The molecule has 0 saturated carbocycles. The molecule has 0 spiro atoms. The van der Waals surface area contributed by atoms with Gasteiger partial charge in [0, 0.05) is 27.2 Å². The molecule has 1 amide bonds. The molecule has 0 atom stereocenters. The van der Waals surface area contributed by atoms with Crippen LogP contribution in [-0.4, -0.2) is 38.4 Å². The number of carbonyl (C=O) groups excluding carboxylic acids is 1. The van der Waals surface area contributed by atoms with Gasteiger partial charge in [-0.1, -0.05) is 46.3 Å². The standard InChI is InChI=1S/C17H16BrN5OS/c18-15-9-5-4-8-14(15)17-20-22-23(21-17)12-16(24)19-10-11-25-13-6-2-1-3-7-13/h1-9H,10-12H2,(H,19,24). The summed E-state index contributed by atoms with van der Waals surface area (Å²) >= 11 is 5.16. The van der Waals surface area contributed by atoms with Gasteiger partial charge < -0.3 is 5.32 Å². The number of carbonyl (C=O) groups is 1. The van der Waals surface area contributed by atoms with E-state index in [1.807, 2.05) is 42.5 Å². The topological polar surface area (TPSA) is 72.7 Å². The molecule has 0 aliphatic heterocycles. The van der Waals surface area contributed by atoms with E-state index in [9.17, 15) is 4.79 Å². The van der Waals surface area contributed by atoms with Crippen LogP contribution in [0.2, 0.25) is 0 Å². The number of thioether (sulfide) groups is 1. The van der Waals surface area contributed by atoms with Crippen LogP contribution in [0.3, 0.4) is 0 Å². The molecule has 1 N–H and O–H groups in total. The van der Waals surface area contributed by atoms with E-state index in [4.69, 9.17) is 0 Å². The molecule has 2 aromatic carbocycles. The first-order valence-corrected chi connectivity index (χ1v) is 9.47. The average molecular weight is 418 g/mol. The number of hydrogen-bond acceptors (Lipinski definition) is 5. The Kier molecular flexibility index (Phi) is 6.19. The van der Waals surface area contributed by atoms with E-state index in [0.717, 1.165) is 15.8 Å². The lowest BCUT2D eigenvalue weighted by molar-refractivity contribution is -0.121. The van der Waals surface area contributed by atoms with Crippen molar-refractivity contribution in [1.29, 1.82) is 0 Å². The maximum Gasteiger partial charge on any atom is 0.243 e. The molecule has 25 heavy (non-hydrogen) atoms. The predicted octanol–water partition coefficient (Wildman–Crippen LogP) is 3.01. The molecule has 0 saturated heterocycles. The largest absolute Gasteiger partial charge is 0.354 e. The smallest absolute Gasteiger partial charge is 0.243 e. The Morgan fingerprint density at radius 3 is 2.68 bits per heavy atom. The van der Waals surface area contributed by atoms with E-state index in [0.29, 0.717) is 12.4 Å². The Labute approximate surface area is 158 Å². The van der Waals surface area contributed by atoms with Crippen LogP contribution >= 0.6 is 27.7 Å². The maximum atomic E-state index is 12.0. The minimum absolute atomic E-state index is 0.0491. The van der Waals surface area contributed by atoms with Gasteiger partial charge in [-0.25, -0.2) is 0 Å². The lowest BCUT2D eigenvalue weighted by Crippen LogP contribution is -2.30. The minimum Gasteiger partial charge on any atom is -0.354 e. The molecule has 0 fully saturated rings. The van der Waals surface area contributed by atoms with Crippen molar-refractivity contribution in [2.45, 2.75) is 11.4 Å². The number of benzene rings is 2. The predicted molar refractivity (Wildman–Crippen MR) is 101 cm³/mol. The molecule has 3 rings (SSSR count). The van der Waals surface area contributed by atoms with Gasteiger partial charge in [-0.15, -0.1) is 22.0 Å². The molecule has 0 unspecified atom stereocenters. The summed E-state index contributed by atoms with van der Waals surface area (Å²) in [5, 5.41) is 15.1. The first kappa shape index (κ1) is 17.6. The highest BCUT2D eigenvalue weighted by Crippen LogP contribution is 2.24. The number of nitrogens with one attached hydrogen (secondary N) is 1. The van der Waals surface area contributed by atoms with Crippen LogP contribution in [0, 0.1) is 0 Å². The summed E-state index contributed by atoms with van der Waals surface area (Å²) in [6.07, 6.45) is 0. The molecule has 0 radical (unpaired) electrons. The van der Waals surface area contributed by atoms with Crippen molar-refractivity contribution in [2.24, 2.45) is 0 Å². The number of aromatic nitrogens is 4. The van der Waals surface area contributed by atoms with E-state index < -0.39 is 0 Å².